The van der Waals surface area contributed by atoms with E-state index < -0.39 is 15.8 Å². The Balaban J connectivity index is 2.10. The van der Waals surface area contributed by atoms with Gasteiger partial charge < -0.3 is 5.11 Å². The first kappa shape index (κ1) is 16.7. The van der Waals surface area contributed by atoms with Gasteiger partial charge in [0.2, 0.25) is 10.0 Å². The Morgan fingerprint density at radius 3 is 2.81 bits per heavy atom. The number of aryl methyl sites for hydroxylation is 1. The molecule has 118 valence electrons. The lowest BCUT2D eigenvalue weighted by Gasteiger charge is -2.25. The fourth-order valence-electron chi connectivity index (χ4n) is 2.59. The Morgan fingerprint density at radius 1 is 1.43 bits per heavy atom. The summed E-state index contributed by atoms with van der Waals surface area (Å²) in [4.78, 5) is -0.112. The van der Waals surface area contributed by atoms with Gasteiger partial charge in [-0.1, -0.05) is 18.0 Å². The lowest BCUT2D eigenvalue weighted by molar-refractivity contribution is 0.102. The third-order valence-electron chi connectivity index (χ3n) is 3.82. The summed E-state index contributed by atoms with van der Waals surface area (Å²) < 4.78 is 40.4. The van der Waals surface area contributed by atoms with Crippen molar-refractivity contribution in [2.24, 2.45) is 5.92 Å². The zero-order valence-corrected chi connectivity index (χ0v) is 13.3. The van der Waals surface area contributed by atoms with Gasteiger partial charge in [0.15, 0.2) is 0 Å². The summed E-state index contributed by atoms with van der Waals surface area (Å²) >= 11 is 5.83. The largest absolute Gasteiger partial charge is 0.393 e. The van der Waals surface area contributed by atoms with Gasteiger partial charge in [0.25, 0.3) is 0 Å². The average molecular weight is 336 g/mol. The molecule has 7 heteroatoms. The van der Waals surface area contributed by atoms with E-state index in [4.69, 9.17) is 11.6 Å². The summed E-state index contributed by atoms with van der Waals surface area (Å²) in [5.41, 5.74) is 0.230. The molecule has 1 saturated carbocycles. The van der Waals surface area contributed by atoms with Crippen LogP contribution >= 0.6 is 11.6 Å². The molecule has 1 aliphatic carbocycles. The van der Waals surface area contributed by atoms with E-state index in [0.717, 1.165) is 25.3 Å². The molecular formula is C14H19ClFNO3S. The number of benzene rings is 1. The van der Waals surface area contributed by atoms with Crippen LogP contribution in [0.2, 0.25) is 5.02 Å². The molecule has 1 fully saturated rings. The number of sulfonamides is 1. The lowest BCUT2D eigenvalue weighted by atomic mass is 9.87. The van der Waals surface area contributed by atoms with Gasteiger partial charge in [0, 0.05) is 6.54 Å². The van der Waals surface area contributed by atoms with Crippen molar-refractivity contribution < 1.29 is 17.9 Å². The van der Waals surface area contributed by atoms with Crippen LogP contribution in [0.1, 0.15) is 31.2 Å². The molecule has 0 radical (unpaired) electrons. The van der Waals surface area contributed by atoms with Gasteiger partial charge in [-0.3, -0.25) is 0 Å². The predicted octanol–water partition coefficient (Wildman–Crippen LogP) is 2.62. The first-order chi connectivity index (χ1) is 9.79. The van der Waals surface area contributed by atoms with Gasteiger partial charge >= 0.3 is 0 Å². The minimum Gasteiger partial charge on any atom is -0.393 e. The van der Waals surface area contributed by atoms with Crippen LogP contribution in [-0.4, -0.2) is 26.2 Å². The van der Waals surface area contributed by atoms with Crippen LogP contribution in [0.15, 0.2) is 17.0 Å². The SMILES string of the molecule is Cc1cc(S(=O)(=O)NCC2CCCC(O)C2)c(Cl)cc1F. The number of nitrogens with one attached hydrogen (secondary N) is 1. The number of halogens is 2. The van der Waals surface area contributed by atoms with Gasteiger partial charge in [0.05, 0.1) is 11.1 Å². The van der Waals surface area contributed by atoms with Crippen LogP contribution in [0.3, 0.4) is 0 Å². The van der Waals surface area contributed by atoms with E-state index in [1.54, 1.807) is 0 Å². The van der Waals surface area contributed by atoms with E-state index in [0.29, 0.717) is 6.42 Å². The van der Waals surface area contributed by atoms with Crippen LogP contribution < -0.4 is 4.72 Å². The van der Waals surface area contributed by atoms with Crippen molar-refractivity contribution in [1.29, 1.82) is 0 Å². The van der Waals surface area contributed by atoms with Gasteiger partial charge in [0.1, 0.15) is 10.7 Å². The summed E-state index contributed by atoms with van der Waals surface area (Å²) in [6.45, 7) is 1.74. The maximum Gasteiger partial charge on any atom is 0.242 e. The molecule has 2 rings (SSSR count). The minimum atomic E-state index is -3.78. The van der Waals surface area contributed by atoms with Crippen molar-refractivity contribution >= 4 is 21.6 Å². The third-order valence-corrected chi connectivity index (χ3v) is 5.71. The molecule has 4 nitrogen and oxygen atoms in total. The molecule has 0 amide bonds. The van der Waals surface area contributed by atoms with Crippen LogP contribution in [0.5, 0.6) is 0 Å². The first-order valence-corrected chi connectivity index (χ1v) is 8.79. The number of hydrogen-bond acceptors (Lipinski definition) is 3. The zero-order valence-electron chi connectivity index (χ0n) is 11.8. The van der Waals surface area contributed by atoms with Crippen molar-refractivity contribution in [2.45, 2.75) is 43.6 Å². The summed E-state index contributed by atoms with van der Waals surface area (Å²) in [7, 11) is -3.78. The number of aliphatic hydroxyl groups is 1. The fraction of sp³-hybridized carbons (Fsp3) is 0.571. The molecule has 0 saturated heterocycles. The Labute approximate surface area is 129 Å². The molecule has 0 aromatic heterocycles. The summed E-state index contributed by atoms with van der Waals surface area (Å²) in [6, 6.07) is 2.24. The number of aliphatic hydroxyl groups excluding tert-OH is 1. The molecule has 1 aromatic rings. The van der Waals surface area contributed by atoms with E-state index in [2.05, 4.69) is 4.72 Å². The Bertz CT molecular complexity index is 621. The minimum absolute atomic E-state index is 0.112. The molecular weight excluding hydrogens is 317 g/mol. The second-order valence-corrected chi connectivity index (χ2v) is 7.71. The molecule has 2 atom stereocenters. The topological polar surface area (TPSA) is 66.4 Å². The molecule has 21 heavy (non-hydrogen) atoms. The third kappa shape index (κ3) is 4.16. The Morgan fingerprint density at radius 2 is 2.14 bits per heavy atom. The van der Waals surface area contributed by atoms with Crippen molar-refractivity contribution in [3.8, 4) is 0 Å². The highest BCUT2D eigenvalue weighted by atomic mass is 35.5. The van der Waals surface area contributed by atoms with E-state index >= 15 is 0 Å². The first-order valence-electron chi connectivity index (χ1n) is 6.93. The molecule has 1 aliphatic rings. The predicted molar refractivity (Wildman–Crippen MR) is 79.3 cm³/mol. The Kier molecular flexibility index (Phi) is 5.24. The number of hydrogen-bond donors (Lipinski definition) is 2. The second-order valence-electron chi connectivity index (χ2n) is 5.57. The van der Waals surface area contributed by atoms with Gasteiger partial charge in [-0.05, 0) is 49.8 Å². The van der Waals surface area contributed by atoms with Crippen molar-refractivity contribution in [2.75, 3.05) is 6.54 Å². The standard InChI is InChI=1S/C14H19ClFNO3S/c1-9-5-14(12(15)7-13(9)16)21(19,20)17-8-10-3-2-4-11(18)6-10/h5,7,10-11,17-18H,2-4,6,8H2,1H3. The van der Waals surface area contributed by atoms with Gasteiger partial charge in [-0.2, -0.15) is 0 Å². The second kappa shape index (κ2) is 6.60. The van der Waals surface area contributed by atoms with E-state index in [-0.39, 0.29) is 34.0 Å². The van der Waals surface area contributed by atoms with Gasteiger partial charge in [-0.25, -0.2) is 17.5 Å². The van der Waals surface area contributed by atoms with Crippen molar-refractivity contribution in [3.63, 3.8) is 0 Å². The van der Waals surface area contributed by atoms with Crippen LogP contribution in [0.25, 0.3) is 0 Å². The van der Waals surface area contributed by atoms with Crippen molar-refractivity contribution in [3.05, 3.63) is 28.5 Å². The van der Waals surface area contributed by atoms with Gasteiger partial charge in [-0.15, -0.1) is 0 Å². The van der Waals surface area contributed by atoms with Crippen LogP contribution in [0.4, 0.5) is 4.39 Å². The smallest absolute Gasteiger partial charge is 0.242 e. The highest BCUT2D eigenvalue weighted by Gasteiger charge is 2.24. The number of rotatable bonds is 4. The Hall–Kier alpha value is -0.690. The maximum atomic E-state index is 13.3. The van der Waals surface area contributed by atoms with E-state index in [1.807, 2.05) is 0 Å². The zero-order chi connectivity index (χ0) is 15.6. The van der Waals surface area contributed by atoms with E-state index in [9.17, 15) is 17.9 Å². The average Bonchev–Trinajstić information content (AvgIpc) is 2.41. The monoisotopic (exact) mass is 335 g/mol. The molecule has 0 spiro atoms. The molecule has 2 unspecified atom stereocenters. The molecule has 0 heterocycles. The van der Waals surface area contributed by atoms with Crippen LogP contribution in [-0.2, 0) is 10.0 Å². The molecule has 0 bridgehead atoms. The van der Waals surface area contributed by atoms with E-state index in [1.165, 1.54) is 13.0 Å². The molecule has 2 N–H and O–H groups in total. The lowest BCUT2D eigenvalue weighted by Crippen LogP contribution is -2.33. The summed E-state index contributed by atoms with van der Waals surface area (Å²) in [5.74, 6) is -0.418. The fourth-order valence-corrected chi connectivity index (χ4v) is 4.30. The van der Waals surface area contributed by atoms with Crippen molar-refractivity contribution in [1.82, 2.24) is 4.72 Å². The van der Waals surface area contributed by atoms with Crippen LogP contribution in [0, 0.1) is 18.7 Å². The quantitative estimate of drug-likeness (QED) is 0.889. The summed E-state index contributed by atoms with van der Waals surface area (Å²) in [6.07, 6.45) is 2.79. The highest BCUT2D eigenvalue weighted by Crippen LogP contribution is 2.26. The maximum absolute atomic E-state index is 13.3. The summed E-state index contributed by atoms with van der Waals surface area (Å²) in [5, 5.41) is 9.47. The molecule has 1 aromatic carbocycles. The molecule has 0 aliphatic heterocycles. The highest BCUT2D eigenvalue weighted by molar-refractivity contribution is 7.89. The normalized spacial score (nSPS) is 23.2.